The normalized spacial score (nSPS) is 47.7. The Morgan fingerprint density at radius 1 is 1.26 bits per heavy atom. The van der Waals surface area contributed by atoms with E-state index in [4.69, 9.17) is 27.9 Å². The van der Waals surface area contributed by atoms with Crippen LogP contribution < -0.4 is 0 Å². The number of ether oxygens (including phenoxy) is 1. The summed E-state index contributed by atoms with van der Waals surface area (Å²) in [7, 11) is 0. The molecule has 0 aromatic carbocycles. The number of rotatable bonds is 4. The first-order chi connectivity index (χ1) is 15.7. The van der Waals surface area contributed by atoms with Crippen molar-refractivity contribution in [1.82, 2.24) is 0 Å². The number of hydrogen-bond acceptors (Lipinski definition) is 5. The molecule has 5 nitrogen and oxygen atoms in total. The van der Waals surface area contributed by atoms with Crippen molar-refractivity contribution in [2.75, 3.05) is 5.88 Å². The number of halogens is 4. The molecule has 4 aliphatic carbocycles. The Kier molecular flexibility index (Phi) is 6.14. The Balaban J connectivity index is 1.90. The van der Waals surface area contributed by atoms with Crippen LogP contribution in [0.25, 0.3) is 0 Å². The molecule has 3 saturated carbocycles. The number of aliphatic hydroxyl groups is 1. The largest absolute Gasteiger partial charge is 0.450 e. The van der Waals surface area contributed by atoms with Crippen LogP contribution >= 0.6 is 23.2 Å². The number of hydrogen-bond donors (Lipinski definition) is 1. The third kappa shape index (κ3) is 2.95. The Labute approximate surface area is 207 Å². The van der Waals surface area contributed by atoms with Gasteiger partial charge in [0.05, 0.1) is 17.0 Å². The summed E-state index contributed by atoms with van der Waals surface area (Å²) in [4.78, 5) is 37.9. The van der Waals surface area contributed by atoms with Crippen molar-refractivity contribution in [1.29, 1.82) is 0 Å². The number of fused-ring (bicyclic) bond motifs is 5. The minimum atomic E-state index is -2.35. The van der Waals surface area contributed by atoms with Gasteiger partial charge in [0.25, 0.3) is 0 Å². The number of esters is 1. The molecule has 3 unspecified atom stereocenters. The molecule has 188 valence electrons. The number of carbonyl (C=O) groups is 3. The van der Waals surface area contributed by atoms with Crippen LogP contribution in [0.15, 0.2) is 22.8 Å². The zero-order valence-electron chi connectivity index (χ0n) is 19.7. The molecule has 0 aromatic rings. The smallest absolute Gasteiger partial charge is 0.306 e. The second kappa shape index (κ2) is 8.10. The third-order valence-corrected chi connectivity index (χ3v) is 9.86. The maximum absolute atomic E-state index is 17.3. The van der Waals surface area contributed by atoms with Gasteiger partial charge in [-0.2, -0.15) is 0 Å². The van der Waals surface area contributed by atoms with Gasteiger partial charge in [0.15, 0.2) is 22.8 Å². The summed E-state index contributed by atoms with van der Waals surface area (Å²) in [6, 6.07) is 0. The summed E-state index contributed by atoms with van der Waals surface area (Å²) in [6.45, 7) is 6.53. The first kappa shape index (κ1) is 25.8. The van der Waals surface area contributed by atoms with E-state index in [9.17, 15) is 19.5 Å². The van der Waals surface area contributed by atoms with Gasteiger partial charge in [0.2, 0.25) is 0 Å². The molecule has 4 aliphatic rings. The topological polar surface area (TPSA) is 80.7 Å². The first-order valence-electron chi connectivity index (χ1n) is 11.7. The summed E-state index contributed by atoms with van der Waals surface area (Å²) >= 11 is 12.1. The average molecular weight is 519 g/mol. The van der Waals surface area contributed by atoms with Gasteiger partial charge < -0.3 is 9.84 Å². The van der Waals surface area contributed by atoms with Gasteiger partial charge in [-0.05, 0) is 49.8 Å². The van der Waals surface area contributed by atoms with E-state index in [2.05, 4.69) is 0 Å². The molecule has 0 aromatic heterocycles. The number of Topliss-reactive ketones (excluding diaryl/α,β-unsaturated/α-hetero) is 1. The van der Waals surface area contributed by atoms with Crippen LogP contribution in [0.2, 0.25) is 0 Å². The molecule has 0 bridgehead atoms. The molecule has 0 amide bonds. The maximum Gasteiger partial charge on any atom is 0.306 e. The molecule has 34 heavy (non-hydrogen) atoms. The second-order valence-corrected chi connectivity index (χ2v) is 11.4. The summed E-state index contributed by atoms with van der Waals surface area (Å²) in [5, 5.41) is 11.2. The minimum Gasteiger partial charge on any atom is -0.450 e. The van der Waals surface area contributed by atoms with Gasteiger partial charge >= 0.3 is 5.97 Å². The molecule has 0 spiro atoms. The Hall–Kier alpha value is -1.31. The number of aliphatic hydroxyl groups excluding tert-OH is 1. The summed E-state index contributed by atoms with van der Waals surface area (Å²) in [5.41, 5.74) is -6.85. The van der Waals surface area contributed by atoms with E-state index in [-0.39, 0.29) is 36.3 Å². The summed E-state index contributed by atoms with van der Waals surface area (Å²) in [5.74, 6) is -4.23. The van der Waals surface area contributed by atoms with Crippen LogP contribution in [-0.2, 0) is 19.1 Å². The van der Waals surface area contributed by atoms with E-state index in [1.807, 2.05) is 0 Å². The Morgan fingerprint density at radius 2 is 1.91 bits per heavy atom. The highest BCUT2D eigenvalue weighted by Crippen LogP contribution is 2.71. The maximum atomic E-state index is 17.3. The highest BCUT2D eigenvalue weighted by Gasteiger charge is 2.78. The quantitative estimate of drug-likeness (QED) is 0.433. The predicted molar refractivity (Wildman–Crippen MR) is 123 cm³/mol. The lowest BCUT2D eigenvalue weighted by Crippen LogP contribution is -2.71. The van der Waals surface area contributed by atoms with Crippen LogP contribution in [0.5, 0.6) is 0 Å². The van der Waals surface area contributed by atoms with E-state index in [0.717, 1.165) is 6.08 Å². The molecular weight excluding hydrogens is 489 g/mol. The van der Waals surface area contributed by atoms with Crippen molar-refractivity contribution < 1.29 is 33.0 Å². The molecule has 9 heteroatoms. The lowest BCUT2D eigenvalue weighted by atomic mass is 9.44. The molecule has 1 N–H and O–H groups in total. The van der Waals surface area contributed by atoms with Crippen molar-refractivity contribution >= 4 is 40.7 Å². The summed E-state index contributed by atoms with van der Waals surface area (Å²) in [6.07, 6.45) is -1.15. The lowest BCUT2D eigenvalue weighted by Gasteiger charge is -2.63. The van der Waals surface area contributed by atoms with Crippen LogP contribution in [0.3, 0.4) is 0 Å². The first-order valence-corrected chi connectivity index (χ1v) is 12.6. The van der Waals surface area contributed by atoms with Crippen molar-refractivity contribution in [3.63, 3.8) is 0 Å². The lowest BCUT2D eigenvalue weighted by molar-refractivity contribution is -0.230. The van der Waals surface area contributed by atoms with Crippen molar-refractivity contribution in [3.8, 4) is 0 Å². The molecular formula is C25H30Cl2F2O5. The van der Waals surface area contributed by atoms with E-state index in [1.54, 1.807) is 20.8 Å². The van der Waals surface area contributed by atoms with Crippen LogP contribution in [0.4, 0.5) is 8.78 Å². The third-order valence-electron chi connectivity index (χ3n) is 9.33. The Morgan fingerprint density at radius 3 is 2.50 bits per heavy atom. The number of carbonyl (C=O) groups excluding carboxylic acids is 3. The predicted octanol–water partition coefficient (Wildman–Crippen LogP) is 4.62. The fourth-order valence-corrected chi connectivity index (χ4v) is 8.27. The molecule has 0 radical (unpaired) electrons. The van der Waals surface area contributed by atoms with E-state index in [1.165, 1.54) is 13.0 Å². The van der Waals surface area contributed by atoms with Gasteiger partial charge in [-0.3, -0.25) is 14.4 Å². The Bertz CT molecular complexity index is 1010. The standard InChI is InChI=1S/C25H30Cl2F2O5/c1-5-21(33)34-25(20(32)11-26)12(2)6-13-14-7-17(28)15-8-18(30)16(27)9-22(15,3)24(14,29)19(31)10-23(13,25)4/h8-9,12-14,17,19,31H,5-7,10-11H2,1-4H3/t12?,13-,14-,17?,19?,22-,23-,24-,25-/m0/s1. The van der Waals surface area contributed by atoms with Gasteiger partial charge in [0, 0.05) is 29.1 Å². The SMILES string of the molecule is CCC(=O)O[C@]1(C(=O)CCl)C(C)C[C@H]2[C@@H]3CC(F)C4=CC(=O)C(Cl)=C[C@]4(C)[C@@]3(F)C(O)C[C@@]21C. The average Bonchev–Trinajstić information content (AvgIpc) is 2.99. The highest BCUT2D eigenvalue weighted by molar-refractivity contribution is 6.44. The van der Waals surface area contributed by atoms with Gasteiger partial charge in [-0.25, -0.2) is 8.78 Å². The minimum absolute atomic E-state index is 0.0277. The van der Waals surface area contributed by atoms with Crippen molar-refractivity contribution in [2.24, 2.45) is 28.6 Å². The van der Waals surface area contributed by atoms with Gasteiger partial charge in [-0.1, -0.05) is 32.4 Å². The molecule has 9 atom stereocenters. The number of alkyl halides is 3. The molecule has 3 fully saturated rings. The summed E-state index contributed by atoms with van der Waals surface area (Å²) < 4.78 is 38.7. The zero-order chi connectivity index (χ0) is 25.4. The molecule has 4 rings (SSSR count). The second-order valence-electron chi connectivity index (χ2n) is 10.7. The molecule has 0 heterocycles. The van der Waals surface area contributed by atoms with Crippen LogP contribution in [0.1, 0.15) is 53.4 Å². The van der Waals surface area contributed by atoms with Crippen LogP contribution in [0, 0.1) is 28.6 Å². The molecule has 0 aliphatic heterocycles. The van der Waals surface area contributed by atoms with Gasteiger partial charge in [0.1, 0.15) is 6.17 Å². The van der Waals surface area contributed by atoms with Crippen molar-refractivity contribution in [3.05, 3.63) is 22.8 Å². The number of ketones is 2. The van der Waals surface area contributed by atoms with Crippen LogP contribution in [-0.4, -0.2) is 52.1 Å². The van der Waals surface area contributed by atoms with E-state index < -0.39 is 75.5 Å². The number of allylic oxidation sites excluding steroid dienone is 4. The van der Waals surface area contributed by atoms with Gasteiger partial charge in [-0.15, -0.1) is 11.6 Å². The highest BCUT2D eigenvalue weighted by atomic mass is 35.5. The fourth-order valence-electron chi connectivity index (χ4n) is 7.80. The van der Waals surface area contributed by atoms with E-state index >= 15 is 8.78 Å². The van der Waals surface area contributed by atoms with Crippen molar-refractivity contribution in [2.45, 2.75) is 76.9 Å². The zero-order valence-corrected chi connectivity index (χ0v) is 21.2. The molecule has 0 saturated heterocycles. The van der Waals surface area contributed by atoms with E-state index in [0.29, 0.717) is 0 Å². The monoisotopic (exact) mass is 518 g/mol. The fraction of sp³-hybridized carbons (Fsp3) is 0.720.